The Balaban J connectivity index is 0.000000771. The van der Waals surface area contributed by atoms with E-state index in [1.54, 1.807) is 31.4 Å². The fraction of sp³-hybridized carbons (Fsp3) is 0.500. The topological polar surface area (TPSA) is 89.6 Å². The van der Waals surface area contributed by atoms with E-state index >= 15 is 0 Å². The summed E-state index contributed by atoms with van der Waals surface area (Å²) in [6.45, 7) is 0. The summed E-state index contributed by atoms with van der Waals surface area (Å²) in [5, 5.41) is 6.32. The number of hydrogen-bond acceptors (Lipinski definition) is 5. The van der Waals surface area contributed by atoms with E-state index in [1.807, 2.05) is 0 Å². The summed E-state index contributed by atoms with van der Waals surface area (Å²) in [6.07, 6.45) is 3.66. The number of benzene rings is 1. The fourth-order valence-corrected chi connectivity index (χ4v) is 4.01. The molecule has 102 valence electrons. The third-order valence-corrected chi connectivity index (χ3v) is 5.41. The zero-order valence-corrected chi connectivity index (χ0v) is 11.2. The fourth-order valence-electron chi connectivity index (χ4n) is 2.16. The first-order chi connectivity index (χ1) is 8.64. The lowest BCUT2D eigenvalue weighted by atomic mass is 10.3. The minimum absolute atomic E-state index is 0.180. The van der Waals surface area contributed by atoms with Crippen LogP contribution in [-0.4, -0.2) is 26.0 Å². The van der Waals surface area contributed by atoms with E-state index in [2.05, 4.69) is 5.90 Å². The Bertz CT molecular complexity index is 449. The first-order valence-electron chi connectivity index (χ1n) is 5.78. The van der Waals surface area contributed by atoms with Gasteiger partial charge in [0.15, 0.2) is 9.84 Å². The summed E-state index contributed by atoms with van der Waals surface area (Å²) in [5.74, 6) is 4.19. The lowest BCUT2D eigenvalue weighted by Crippen LogP contribution is -2.17. The molecular weight excluding hydrogens is 254 g/mol. The van der Waals surface area contributed by atoms with Crippen molar-refractivity contribution in [3.8, 4) is 5.75 Å². The highest BCUT2D eigenvalue weighted by molar-refractivity contribution is 7.92. The number of ether oxygens (including phenoxy) is 1. The van der Waals surface area contributed by atoms with Crippen LogP contribution in [0.25, 0.3) is 0 Å². The predicted octanol–water partition coefficient (Wildman–Crippen LogP) is 1.75. The molecule has 1 aliphatic rings. The minimum Gasteiger partial charge on any atom is -0.497 e. The second kappa shape index (κ2) is 6.72. The molecule has 1 saturated carbocycles. The van der Waals surface area contributed by atoms with Gasteiger partial charge in [0.25, 0.3) is 0 Å². The van der Waals surface area contributed by atoms with Gasteiger partial charge in [-0.2, -0.15) is 0 Å². The largest absolute Gasteiger partial charge is 0.497 e. The summed E-state index contributed by atoms with van der Waals surface area (Å²) < 4.78 is 29.4. The molecule has 0 radical (unpaired) electrons. The smallest absolute Gasteiger partial charge is 0.181 e. The molecule has 18 heavy (non-hydrogen) atoms. The highest BCUT2D eigenvalue weighted by Crippen LogP contribution is 2.30. The number of hydrogen-bond donors (Lipinski definition) is 2. The Labute approximate surface area is 107 Å². The molecule has 1 fully saturated rings. The number of methoxy groups -OCH3 is 1. The van der Waals surface area contributed by atoms with Gasteiger partial charge in [-0.05, 0) is 37.1 Å². The number of sulfone groups is 1. The molecule has 0 aliphatic heterocycles. The van der Waals surface area contributed by atoms with Crippen LogP contribution in [0.1, 0.15) is 25.7 Å². The molecule has 5 nitrogen and oxygen atoms in total. The molecule has 2 rings (SSSR count). The highest BCUT2D eigenvalue weighted by atomic mass is 32.2. The van der Waals surface area contributed by atoms with E-state index in [0.717, 1.165) is 25.7 Å². The van der Waals surface area contributed by atoms with Crippen molar-refractivity contribution in [2.75, 3.05) is 7.11 Å². The van der Waals surface area contributed by atoms with E-state index in [0.29, 0.717) is 10.6 Å². The second-order valence-corrected chi connectivity index (χ2v) is 6.36. The van der Waals surface area contributed by atoms with Crippen molar-refractivity contribution in [1.82, 2.24) is 0 Å². The van der Waals surface area contributed by atoms with Crippen molar-refractivity contribution in [2.45, 2.75) is 35.8 Å². The van der Waals surface area contributed by atoms with Gasteiger partial charge in [-0.3, -0.25) is 0 Å². The zero-order chi connectivity index (χ0) is 13.6. The van der Waals surface area contributed by atoms with Gasteiger partial charge in [-0.25, -0.2) is 14.3 Å². The van der Waals surface area contributed by atoms with Crippen LogP contribution in [0.5, 0.6) is 5.75 Å². The van der Waals surface area contributed by atoms with Gasteiger partial charge >= 0.3 is 0 Å². The van der Waals surface area contributed by atoms with Crippen molar-refractivity contribution >= 4 is 9.84 Å². The lowest BCUT2D eigenvalue weighted by Gasteiger charge is -2.11. The average Bonchev–Trinajstić information content (AvgIpc) is 2.96. The van der Waals surface area contributed by atoms with E-state index in [1.165, 1.54) is 0 Å². The molecule has 0 atom stereocenters. The lowest BCUT2D eigenvalue weighted by molar-refractivity contribution is 0.311. The Hall–Kier alpha value is -1.11. The molecule has 0 spiro atoms. The Morgan fingerprint density at radius 2 is 1.67 bits per heavy atom. The highest BCUT2D eigenvalue weighted by Gasteiger charge is 2.29. The second-order valence-electron chi connectivity index (χ2n) is 4.13. The van der Waals surface area contributed by atoms with E-state index < -0.39 is 9.84 Å². The summed E-state index contributed by atoms with van der Waals surface area (Å²) in [7, 11) is -1.55. The van der Waals surface area contributed by atoms with Crippen LogP contribution >= 0.6 is 0 Å². The maximum Gasteiger partial charge on any atom is 0.181 e. The van der Waals surface area contributed by atoms with Gasteiger partial charge in [0.05, 0.1) is 17.3 Å². The molecule has 1 aliphatic carbocycles. The van der Waals surface area contributed by atoms with Crippen LogP contribution < -0.4 is 10.6 Å². The molecule has 0 bridgehead atoms. The van der Waals surface area contributed by atoms with Crippen LogP contribution in [-0.2, 0) is 9.84 Å². The van der Waals surface area contributed by atoms with Crippen molar-refractivity contribution < 1.29 is 18.4 Å². The monoisotopic (exact) mass is 273 g/mol. The number of rotatable bonds is 3. The summed E-state index contributed by atoms with van der Waals surface area (Å²) in [4.78, 5) is 0.417. The number of nitrogens with two attached hydrogens (primary N) is 1. The van der Waals surface area contributed by atoms with Crippen LogP contribution in [0.2, 0.25) is 0 Å². The van der Waals surface area contributed by atoms with Crippen molar-refractivity contribution in [1.29, 1.82) is 0 Å². The van der Waals surface area contributed by atoms with Gasteiger partial charge in [0, 0.05) is 0 Å². The summed E-state index contributed by atoms with van der Waals surface area (Å²) in [5.41, 5.74) is 0. The van der Waals surface area contributed by atoms with Crippen molar-refractivity contribution in [3.05, 3.63) is 24.3 Å². The third kappa shape index (κ3) is 3.22. The molecule has 0 unspecified atom stereocenters. The minimum atomic E-state index is -3.12. The Kier molecular flexibility index (Phi) is 5.58. The molecule has 0 saturated heterocycles. The van der Waals surface area contributed by atoms with Crippen LogP contribution in [0.15, 0.2) is 29.2 Å². The third-order valence-electron chi connectivity index (χ3n) is 3.13. The summed E-state index contributed by atoms with van der Waals surface area (Å²) >= 11 is 0. The predicted molar refractivity (Wildman–Crippen MR) is 68.4 cm³/mol. The van der Waals surface area contributed by atoms with Crippen molar-refractivity contribution in [2.24, 2.45) is 5.90 Å². The van der Waals surface area contributed by atoms with Crippen LogP contribution in [0.4, 0.5) is 0 Å². The molecule has 1 aromatic rings. The van der Waals surface area contributed by atoms with E-state index in [-0.39, 0.29) is 5.25 Å². The van der Waals surface area contributed by atoms with Gasteiger partial charge < -0.3 is 9.94 Å². The summed E-state index contributed by atoms with van der Waals surface area (Å²) in [6, 6.07) is 6.66. The quantitative estimate of drug-likeness (QED) is 0.819. The van der Waals surface area contributed by atoms with Gasteiger partial charge in [0.2, 0.25) is 0 Å². The Morgan fingerprint density at radius 3 is 2.11 bits per heavy atom. The maximum atomic E-state index is 12.2. The zero-order valence-electron chi connectivity index (χ0n) is 10.4. The molecule has 0 heterocycles. The molecule has 0 amide bonds. The van der Waals surface area contributed by atoms with Crippen molar-refractivity contribution in [3.63, 3.8) is 0 Å². The molecule has 0 aromatic heterocycles. The van der Waals surface area contributed by atoms with Gasteiger partial charge in [0.1, 0.15) is 5.75 Å². The SMILES string of the molecule is COc1ccc(S(=O)(=O)C2CCCC2)cc1.NO. The average molecular weight is 273 g/mol. The molecule has 6 heteroatoms. The maximum absolute atomic E-state index is 12.2. The van der Waals surface area contributed by atoms with Gasteiger partial charge in [-0.1, -0.05) is 12.8 Å². The van der Waals surface area contributed by atoms with E-state index in [9.17, 15) is 8.42 Å². The first kappa shape index (κ1) is 14.9. The molecule has 3 N–H and O–H groups in total. The molecular formula is C12H19NO4S. The van der Waals surface area contributed by atoms with Gasteiger partial charge in [-0.15, -0.1) is 0 Å². The standard InChI is InChI=1S/C12H16O3S.H3NO/c1-15-10-6-8-12(9-7-10)16(13,14)11-4-2-3-5-11;1-2/h6-9,11H,2-5H2,1H3;2H,1H2. The normalized spacial score (nSPS) is 15.9. The van der Waals surface area contributed by atoms with Crippen LogP contribution in [0.3, 0.4) is 0 Å². The van der Waals surface area contributed by atoms with Crippen LogP contribution in [0, 0.1) is 0 Å². The van der Waals surface area contributed by atoms with E-state index in [4.69, 9.17) is 9.94 Å². The molecule has 1 aromatic carbocycles. The first-order valence-corrected chi connectivity index (χ1v) is 7.33. The Morgan fingerprint density at radius 1 is 1.17 bits per heavy atom.